The van der Waals surface area contributed by atoms with E-state index in [1.54, 1.807) is 0 Å². The zero-order chi connectivity index (χ0) is 15.8. The van der Waals surface area contributed by atoms with Gasteiger partial charge in [-0.25, -0.2) is 0 Å². The molecule has 4 nitrogen and oxygen atoms in total. The quantitative estimate of drug-likeness (QED) is 0.245. The summed E-state index contributed by atoms with van der Waals surface area (Å²) >= 11 is 0. The number of unbranched alkanes of at least 4 members (excludes halogenated alkanes) is 10. The summed E-state index contributed by atoms with van der Waals surface area (Å²) in [5, 5.41) is 0. The first-order chi connectivity index (χ1) is 10.1. The number of phosphoric ester groups is 1. The van der Waals surface area contributed by atoms with Gasteiger partial charge in [0.2, 0.25) is 0 Å². The van der Waals surface area contributed by atoms with E-state index in [2.05, 4.69) is 13.8 Å². The SMILES string of the molecule is CCCCCCCCOP(=O)([O-])OCCCCCCCC.[Na+]. The molecule has 0 spiro atoms. The van der Waals surface area contributed by atoms with Crippen LogP contribution in [0.25, 0.3) is 0 Å². The number of hydrogen-bond donors (Lipinski definition) is 0. The van der Waals surface area contributed by atoms with Crippen molar-refractivity contribution < 1.29 is 48.1 Å². The van der Waals surface area contributed by atoms with E-state index in [1.807, 2.05) is 0 Å². The summed E-state index contributed by atoms with van der Waals surface area (Å²) in [4.78, 5) is 11.5. The third-order valence-electron chi connectivity index (χ3n) is 3.49. The summed E-state index contributed by atoms with van der Waals surface area (Å²) in [6.45, 7) is 4.86. The van der Waals surface area contributed by atoms with Crippen LogP contribution in [0.1, 0.15) is 90.9 Å². The van der Waals surface area contributed by atoms with Crippen LogP contribution in [0.4, 0.5) is 0 Å². The Morgan fingerprint density at radius 1 is 0.682 bits per heavy atom. The molecular weight excluding hydrogens is 310 g/mol. The van der Waals surface area contributed by atoms with Crippen LogP contribution in [-0.2, 0) is 13.6 Å². The molecule has 0 saturated heterocycles. The van der Waals surface area contributed by atoms with E-state index in [-0.39, 0.29) is 42.8 Å². The summed E-state index contributed by atoms with van der Waals surface area (Å²) in [6.07, 6.45) is 13.3. The Kier molecular flexibility index (Phi) is 21.3. The second-order valence-electron chi connectivity index (χ2n) is 5.65. The zero-order valence-electron chi connectivity index (χ0n) is 15.0. The molecule has 0 radical (unpaired) electrons. The van der Waals surface area contributed by atoms with Crippen molar-refractivity contribution in [3.63, 3.8) is 0 Å². The van der Waals surface area contributed by atoms with Crippen molar-refractivity contribution in [3.8, 4) is 0 Å². The van der Waals surface area contributed by atoms with Crippen molar-refractivity contribution in [2.24, 2.45) is 0 Å². The zero-order valence-corrected chi connectivity index (χ0v) is 17.9. The summed E-state index contributed by atoms with van der Waals surface area (Å²) in [5.74, 6) is 0. The third kappa shape index (κ3) is 19.2. The van der Waals surface area contributed by atoms with Crippen molar-refractivity contribution in [2.45, 2.75) is 90.9 Å². The van der Waals surface area contributed by atoms with Gasteiger partial charge in [-0.05, 0) is 12.8 Å². The fourth-order valence-electron chi connectivity index (χ4n) is 2.15. The molecule has 128 valence electrons. The molecule has 0 aliphatic rings. The molecule has 0 aliphatic carbocycles. The maximum absolute atomic E-state index is 11.5. The molecular formula is C16H34NaO4P. The molecule has 22 heavy (non-hydrogen) atoms. The predicted octanol–water partition coefficient (Wildman–Crippen LogP) is 2.21. The van der Waals surface area contributed by atoms with E-state index in [1.165, 1.54) is 38.5 Å². The average Bonchev–Trinajstić information content (AvgIpc) is 2.45. The third-order valence-corrected chi connectivity index (χ3v) is 4.49. The summed E-state index contributed by atoms with van der Waals surface area (Å²) in [6, 6.07) is 0. The molecule has 0 saturated carbocycles. The maximum Gasteiger partial charge on any atom is 1.00 e. The molecule has 0 aromatic heterocycles. The van der Waals surface area contributed by atoms with Crippen molar-refractivity contribution in [3.05, 3.63) is 0 Å². The van der Waals surface area contributed by atoms with Crippen molar-refractivity contribution in [2.75, 3.05) is 13.2 Å². The largest absolute Gasteiger partial charge is 1.00 e. The van der Waals surface area contributed by atoms with Crippen molar-refractivity contribution >= 4 is 7.82 Å². The molecule has 0 heterocycles. The van der Waals surface area contributed by atoms with Crippen LogP contribution in [0.15, 0.2) is 0 Å². The van der Waals surface area contributed by atoms with Crippen LogP contribution < -0.4 is 34.5 Å². The smallest absolute Gasteiger partial charge is 0.756 e. The van der Waals surface area contributed by atoms with Gasteiger partial charge in [-0.3, -0.25) is 4.57 Å². The van der Waals surface area contributed by atoms with Gasteiger partial charge in [0, 0.05) is 0 Å². The monoisotopic (exact) mass is 344 g/mol. The second kappa shape index (κ2) is 18.4. The first-order valence-electron chi connectivity index (χ1n) is 8.72. The van der Waals surface area contributed by atoms with Crippen LogP contribution in [0, 0.1) is 0 Å². The molecule has 0 aliphatic heterocycles. The van der Waals surface area contributed by atoms with Crippen molar-refractivity contribution in [1.29, 1.82) is 0 Å². The van der Waals surface area contributed by atoms with Gasteiger partial charge >= 0.3 is 29.6 Å². The van der Waals surface area contributed by atoms with E-state index in [0.29, 0.717) is 0 Å². The van der Waals surface area contributed by atoms with Crippen LogP contribution in [-0.4, -0.2) is 13.2 Å². The number of phosphoric acid groups is 1. The Hall–Kier alpha value is 1.11. The van der Waals surface area contributed by atoms with Gasteiger partial charge in [-0.2, -0.15) is 0 Å². The molecule has 0 unspecified atom stereocenters. The van der Waals surface area contributed by atoms with E-state index in [0.717, 1.165) is 38.5 Å². The standard InChI is InChI=1S/C16H35O4P.Na/c1-3-5-7-9-11-13-15-19-21(17,18)20-16-14-12-10-8-6-4-2;/h3-16H2,1-2H3,(H,17,18);/q;+1/p-1. The minimum atomic E-state index is -4.07. The first kappa shape index (κ1) is 25.4. The normalized spacial score (nSPS) is 11.4. The fourth-order valence-corrected chi connectivity index (χ4v) is 2.93. The average molecular weight is 344 g/mol. The minimum Gasteiger partial charge on any atom is -0.756 e. The summed E-state index contributed by atoms with van der Waals surface area (Å²) in [7, 11) is -4.07. The maximum atomic E-state index is 11.5. The topological polar surface area (TPSA) is 58.6 Å². The molecule has 0 N–H and O–H groups in total. The van der Waals surface area contributed by atoms with Gasteiger partial charge in [0.05, 0.1) is 13.2 Å². The fraction of sp³-hybridized carbons (Fsp3) is 1.00. The molecule has 0 amide bonds. The van der Waals surface area contributed by atoms with Gasteiger partial charge in [0.15, 0.2) is 0 Å². The van der Waals surface area contributed by atoms with Gasteiger partial charge in [-0.1, -0.05) is 78.1 Å². The van der Waals surface area contributed by atoms with Gasteiger partial charge in [-0.15, -0.1) is 0 Å². The molecule has 0 atom stereocenters. The Balaban J connectivity index is 0. The Morgan fingerprint density at radius 2 is 1.00 bits per heavy atom. The number of hydrogen-bond acceptors (Lipinski definition) is 4. The first-order valence-corrected chi connectivity index (χ1v) is 10.2. The molecule has 0 fully saturated rings. The molecule has 0 bridgehead atoms. The van der Waals surface area contributed by atoms with Crippen LogP contribution in [0.3, 0.4) is 0 Å². The van der Waals surface area contributed by atoms with Crippen molar-refractivity contribution in [1.82, 2.24) is 0 Å². The molecule has 0 aromatic carbocycles. The van der Waals surface area contributed by atoms with Crippen LogP contribution in [0.5, 0.6) is 0 Å². The Labute approximate surface area is 159 Å². The van der Waals surface area contributed by atoms with E-state index < -0.39 is 7.82 Å². The Morgan fingerprint density at radius 3 is 1.36 bits per heavy atom. The van der Waals surface area contributed by atoms with E-state index >= 15 is 0 Å². The molecule has 6 heteroatoms. The van der Waals surface area contributed by atoms with Gasteiger partial charge in [0.1, 0.15) is 0 Å². The van der Waals surface area contributed by atoms with Gasteiger partial charge < -0.3 is 13.9 Å². The molecule has 0 rings (SSSR count). The summed E-state index contributed by atoms with van der Waals surface area (Å²) < 4.78 is 21.2. The molecule has 0 aromatic rings. The summed E-state index contributed by atoms with van der Waals surface area (Å²) in [5.41, 5.74) is 0. The van der Waals surface area contributed by atoms with E-state index in [4.69, 9.17) is 9.05 Å². The van der Waals surface area contributed by atoms with Gasteiger partial charge in [0.25, 0.3) is 7.82 Å². The number of rotatable bonds is 16. The van der Waals surface area contributed by atoms with Crippen LogP contribution in [0.2, 0.25) is 0 Å². The predicted molar refractivity (Wildman–Crippen MR) is 86.3 cm³/mol. The van der Waals surface area contributed by atoms with E-state index in [9.17, 15) is 9.46 Å². The Bertz CT molecular complexity index is 243. The van der Waals surface area contributed by atoms with Crippen LogP contribution >= 0.6 is 7.82 Å². The minimum absolute atomic E-state index is 0. The second-order valence-corrected chi connectivity index (χ2v) is 7.06.